The highest BCUT2D eigenvalue weighted by atomic mass is 35.5. The Balaban J connectivity index is 1.76. The van der Waals surface area contributed by atoms with E-state index in [1.165, 1.54) is 0 Å². The van der Waals surface area contributed by atoms with Gasteiger partial charge in [0, 0.05) is 23.5 Å². The molecule has 21 heavy (non-hydrogen) atoms. The second-order valence-electron chi connectivity index (χ2n) is 4.94. The van der Waals surface area contributed by atoms with Gasteiger partial charge in [-0.2, -0.15) is 0 Å². The van der Waals surface area contributed by atoms with E-state index in [1.54, 1.807) is 11.3 Å². The number of nitrogens with zero attached hydrogens (tertiary/aromatic N) is 2. The average Bonchev–Trinajstić information content (AvgIpc) is 2.81. The van der Waals surface area contributed by atoms with Crippen LogP contribution in [0.2, 0.25) is 5.02 Å². The van der Waals surface area contributed by atoms with Crippen molar-refractivity contribution in [3.05, 3.63) is 50.9 Å². The molecular formula is C15H18ClN3OS. The van der Waals surface area contributed by atoms with E-state index < -0.39 is 0 Å². The van der Waals surface area contributed by atoms with E-state index in [-0.39, 0.29) is 5.91 Å². The molecule has 0 saturated carbocycles. The summed E-state index contributed by atoms with van der Waals surface area (Å²) in [5.74, 6) is -0.00979. The van der Waals surface area contributed by atoms with Gasteiger partial charge in [0.15, 0.2) is 0 Å². The Bertz CT molecular complexity index is 614. The molecule has 0 unspecified atom stereocenters. The van der Waals surface area contributed by atoms with E-state index in [1.807, 2.05) is 48.5 Å². The van der Waals surface area contributed by atoms with Crippen molar-refractivity contribution < 1.29 is 4.79 Å². The lowest BCUT2D eigenvalue weighted by Gasteiger charge is -2.15. The van der Waals surface area contributed by atoms with Crippen molar-refractivity contribution in [1.82, 2.24) is 15.2 Å². The third kappa shape index (κ3) is 5.46. The average molecular weight is 324 g/mol. The van der Waals surface area contributed by atoms with Crippen LogP contribution >= 0.6 is 22.9 Å². The zero-order chi connectivity index (χ0) is 15.2. The maximum atomic E-state index is 11.9. The number of aryl methyl sites for hydroxylation is 1. The summed E-state index contributed by atoms with van der Waals surface area (Å²) in [4.78, 5) is 18.2. The van der Waals surface area contributed by atoms with Crippen LogP contribution in [0.4, 0.5) is 0 Å². The SMILES string of the molecule is Cc1nc(CN(C)CC(=O)NCc2cccc(Cl)c2)cs1. The normalized spacial score (nSPS) is 10.9. The van der Waals surface area contributed by atoms with E-state index in [0.717, 1.165) is 16.3 Å². The summed E-state index contributed by atoms with van der Waals surface area (Å²) in [5, 5.41) is 6.64. The van der Waals surface area contributed by atoms with Crippen molar-refractivity contribution in [2.45, 2.75) is 20.0 Å². The summed E-state index contributed by atoms with van der Waals surface area (Å²) in [7, 11) is 1.91. The largest absolute Gasteiger partial charge is 0.351 e. The van der Waals surface area contributed by atoms with Crippen LogP contribution in [0.3, 0.4) is 0 Å². The Kier molecular flexibility index (Phi) is 5.73. The van der Waals surface area contributed by atoms with Crippen LogP contribution in [0.1, 0.15) is 16.3 Å². The highest BCUT2D eigenvalue weighted by molar-refractivity contribution is 7.09. The monoisotopic (exact) mass is 323 g/mol. The Morgan fingerprint density at radius 2 is 2.29 bits per heavy atom. The Hall–Kier alpha value is -1.43. The van der Waals surface area contributed by atoms with Crippen molar-refractivity contribution in [1.29, 1.82) is 0 Å². The van der Waals surface area contributed by atoms with Gasteiger partial charge in [-0.15, -0.1) is 11.3 Å². The van der Waals surface area contributed by atoms with Gasteiger partial charge in [0.1, 0.15) is 0 Å². The van der Waals surface area contributed by atoms with Crippen LogP contribution in [0.25, 0.3) is 0 Å². The lowest BCUT2D eigenvalue weighted by molar-refractivity contribution is -0.122. The summed E-state index contributed by atoms with van der Waals surface area (Å²) >= 11 is 7.53. The number of nitrogens with one attached hydrogen (secondary N) is 1. The number of thiazole rings is 1. The number of hydrogen-bond acceptors (Lipinski definition) is 4. The lowest BCUT2D eigenvalue weighted by atomic mass is 10.2. The van der Waals surface area contributed by atoms with E-state index >= 15 is 0 Å². The number of carbonyl (C=O) groups is 1. The molecule has 1 aromatic carbocycles. The van der Waals surface area contributed by atoms with Gasteiger partial charge in [-0.1, -0.05) is 23.7 Å². The molecule has 1 heterocycles. The van der Waals surface area contributed by atoms with Crippen molar-refractivity contribution in [3.63, 3.8) is 0 Å². The molecule has 0 atom stereocenters. The topological polar surface area (TPSA) is 45.2 Å². The molecule has 112 valence electrons. The molecule has 6 heteroatoms. The predicted octanol–water partition coefficient (Wildman–Crippen LogP) is 2.85. The number of carbonyl (C=O) groups excluding carboxylic acids is 1. The van der Waals surface area contributed by atoms with Gasteiger partial charge < -0.3 is 5.32 Å². The number of likely N-dealkylation sites (N-methyl/N-ethyl adjacent to an activating group) is 1. The third-order valence-corrected chi connectivity index (χ3v) is 3.95. The minimum absolute atomic E-state index is 0.00979. The van der Waals surface area contributed by atoms with Gasteiger partial charge >= 0.3 is 0 Å². The molecule has 0 aliphatic carbocycles. The Morgan fingerprint density at radius 3 is 2.95 bits per heavy atom. The third-order valence-electron chi connectivity index (χ3n) is 2.89. The highest BCUT2D eigenvalue weighted by Gasteiger charge is 2.08. The first-order chi connectivity index (χ1) is 10.0. The minimum atomic E-state index is -0.00979. The zero-order valence-corrected chi connectivity index (χ0v) is 13.7. The standard InChI is InChI=1S/C15H18ClN3OS/c1-11-18-14(10-21-11)8-19(2)9-15(20)17-7-12-4-3-5-13(16)6-12/h3-6,10H,7-9H2,1-2H3,(H,17,20). The van der Waals surface area contributed by atoms with Crippen molar-refractivity contribution in [2.75, 3.05) is 13.6 Å². The summed E-state index contributed by atoms with van der Waals surface area (Å²) in [6, 6.07) is 7.48. The molecule has 4 nitrogen and oxygen atoms in total. The fraction of sp³-hybridized carbons (Fsp3) is 0.333. The van der Waals surface area contributed by atoms with Crippen molar-refractivity contribution in [3.8, 4) is 0 Å². The van der Waals surface area contributed by atoms with Gasteiger partial charge in [-0.25, -0.2) is 4.98 Å². The molecule has 0 aliphatic rings. The molecule has 0 aliphatic heterocycles. The van der Waals surface area contributed by atoms with Crippen LogP contribution in [-0.2, 0) is 17.9 Å². The number of amides is 1. The predicted molar refractivity (Wildman–Crippen MR) is 86.5 cm³/mol. The second kappa shape index (κ2) is 7.54. The summed E-state index contributed by atoms with van der Waals surface area (Å²) in [6.45, 7) is 3.49. The molecule has 0 radical (unpaired) electrons. The minimum Gasteiger partial charge on any atom is -0.351 e. The van der Waals surface area contributed by atoms with E-state index in [9.17, 15) is 4.79 Å². The first-order valence-corrected chi connectivity index (χ1v) is 7.89. The van der Waals surface area contributed by atoms with Crippen LogP contribution < -0.4 is 5.32 Å². The molecule has 2 rings (SSSR count). The second-order valence-corrected chi connectivity index (χ2v) is 6.44. The zero-order valence-electron chi connectivity index (χ0n) is 12.1. The number of benzene rings is 1. The molecule has 0 bridgehead atoms. The van der Waals surface area contributed by atoms with Crippen LogP contribution in [-0.4, -0.2) is 29.4 Å². The van der Waals surface area contributed by atoms with Crippen LogP contribution in [0.15, 0.2) is 29.6 Å². The molecular weight excluding hydrogens is 306 g/mol. The molecule has 0 spiro atoms. The quantitative estimate of drug-likeness (QED) is 0.889. The Labute approximate surface area is 133 Å². The Morgan fingerprint density at radius 1 is 1.48 bits per heavy atom. The highest BCUT2D eigenvalue weighted by Crippen LogP contribution is 2.11. The number of aromatic nitrogens is 1. The van der Waals surface area contributed by atoms with Crippen LogP contribution in [0, 0.1) is 6.92 Å². The van der Waals surface area contributed by atoms with Crippen molar-refractivity contribution >= 4 is 28.8 Å². The van der Waals surface area contributed by atoms with E-state index in [0.29, 0.717) is 24.7 Å². The number of halogens is 1. The smallest absolute Gasteiger partial charge is 0.234 e. The van der Waals surface area contributed by atoms with Crippen LogP contribution in [0.5, 0.6) is 0 Å². The van der Waals surface area contributed by atoms with Gasteiger partial charge in [-0.05, 0) is 31.7 Å². The maximum Gasteiger partial charge on any atom is 0.234 e. The summed E-state index contributed by atoms with van der Waals surface area (Å²) in [6.07, 6.45) is 0. The molecule has 0 saturated heterocycles. The lowest BCUT2D eigenvalue weighted by Crippen LogP contribution is -2.34. The van der Waals surface area contributed by atoms with Crippen molar-refractivity contribution in [2.24, 2.45) is 0 Å². The first-order valence-electron chi connectivity index (χ1n) is 6.63. The molecule has 1 N–H and O–H groups in total. The number of hydrogen-bond donors (Lipinski definition) is 1. The van der Waals surface area contributed by atoms with Gasteiger partial charge in [-0.3, -0.25) is 9.69 Å². The maximum absolute atomic E-state index is 11.9. The molecule has 2 aromatic rings. The molecule has 1 aromatic heterocycles. The van der Waals surface area contributed by atoms with Gasteiger partial charge in [0.25, 0.3) is 0 Å². The van der Waals surface area contributed by atoms with Gasteiger partial charge in [0.05, 0.1) is 17.2 Å². The fourth-order valence-corrected chi connectivity index (χ4v) is 2.78. The summed E-state index contributed by atoms with van der Waals surface area (Å²) < 4.78 is 0. The number of rotatable bonds is 6. The fourth-order valence-electron chi connectivity index (χ4n) is 1.96. The van der Waals surface area contributed by atoms with E-state index in [4.69, 9.17) is 11.6 Å². The molecule has 1 amide bonds. The van der Waals surface area contributed by atoms with E-state index in [2.05, 4.69) is 10.3 Å². The van der Waals surface area contributed by atoms with Gasteiger partial charge in [0.2, 0.25) is 5.91 Å². The molecule has 0 fully saturated rings. The first kappa shape index (κ1) is 15.9. The summed E-state index contributed by atoms with van der Waals surface area (Å²) in [5.41, 5.74) is 2.00.